The molecular weight excluding hydrogens is 438 g/mol. The zero-order chi connectivity index (χ0) is 23.7. The smallest absolute Gasteiger partial charge is 0.259 e. The molecule has 0 fully saturated rings. The van der Waals surface area contributed by atoms with Crippen LogP contribution in [0.5, 0.6) is 0 Å². The number of carbonyl (C=O) groups excluding carboxylic acids is 1. The van der Waals surface area contributed by atoms with Gasteiger partial charge in [0.25, 0.3) is 11.5 Å². The third-order valence-corrected chi connectivity index (χ3v) is 5.98. The van der Waals surface area contributed by atoms with Gasteiger partial charge in [0.2, 0.25) is 0 Å². The van der Waals surface area contributed by atoms with Crippen molar-refractivity contribution in [2.24, 2.45) is 0 Å². The average Bonchev–Trinajstić information content (AvgIpc) is 3.05. The number of nitrogens with one attached hydrogen (secondary N) is 1. The summed E-state index contributed by atoms with van der Waals surface area (Å²) in [5.41, 5.74) is 3.50. The summed E-state index contributed by atoms with van der Waals surface area (Å²) in [5.74, 6) is 0.167. The quantitative estimate of drug-likeness (QED) is 0.456. The van der Waals surface area contributed by atoms with Crippen molar-refractivity contribution in [1.82, 2.24) is 24.6 Å². The largest absolute Gasteiger partial charge is 0.329 e. The van der Waals surface area contributed by atoms with Gasteiger partial charge in [0.1, 0.15) is 11.0 Å². The van der Waals surface area contributed by atoms with Gasteiger partial charge in [-0.15, -0.1) is 0 Å². The molecule has 170 valence electrons. The van der Waals surface area contributed by atoms with E-state index >= 15 is 0 Å². The summed E-state index contributed by atoms with van der Waals surface area (Å²) >= 11 is 6.64. The maximum atomic E-state index is 13.6. The lowest BCUT2D eigenvalue weighted by Gasteiger charge is -2.26. The summed E-state index contributed by atoms with van der Waals surface area (Å²) in [4.78, 5) is 35.0. The zero-order valence-electron chi connectivity index (χ0n) is 19.1. The molecular formula is C25H26ClN5O2. The number of hydrogen-bond donors (Lipinski definition) is 1. The third-order valence-electron chi connectivity index (χ3n) is 5.60. The van der Waals surface area contributed by atoms with Crippen molar-refractivity contribution in [1.29, 1.82) is 0 Å². The molecule has 33 heavy (non-hydrogen) atoms. The van der Waals surface area contributed by atoms with Gasteiger partial charge in [-0.3, -0.25) is 9.59 Å². The molecule has 2 aromatic heterocycles. The minimum atomic E-state index is -0.251. The molecule has 0 unspecified atom stereocenters. The second-order valence-electron chi connectivity index (χ2n) is 8.45. The summed E-state index contributed by atoms with van der Waals surface area (Å²) in [6.45, 7) is 8.25. The van der Waals surface area contributed by atoms with E-state index in [0.29, 0.717) is 39.7 Å². The highest BCUT2D eigenvalue weighted by Crippen LogP contribution is 2.24. The van der Waals surface area contributed by atoms with Gasteiger partial charge in [0, 0.05) is 6.04 Å². The van der Waals surface area contributed by atoms with E-state index in [1.165, 1.54) is 5.56 Å². The molecule has 0 bridgehead atoms. The van der Waals surface area contributed by atoms with Gasteiger partial charge in [-0.25, -0.2) is 9.67 Å². The number of rotatable bonds is 6. The number of aromatic nitrogens is 4. The Balaban J connectivity index is 1.64. The standard InChI is InChI=1S/C25H26ClN5O2/c1-15(2)30(14-21-27-20-8-6-5-7-19(20)24(32)28-21)25(33)22-17(4)29-31(23(22)26)13-18-11-9-16(3)10-12-18/h5-12,15H,13-14H2,1-4H3,(H,27,28,32). The van der Waals surface area contributed by atoms with Crippen LogP contribution in [0.1, 0.15) is 46.9 Å². The Morgan fingerprint density at radius 1 is 1.12 bits per heavy atom. The van der Waals surface area contributed by atoms with Crippen LogP contribution < -0.4 is 5.56 Å². The fourth-order valence-electron chi connectivity index (χ4n) is 3.77. The second kappa shape index (κ2) is 9.19. The topological polar surface area (TPSA) is 83.9 Å². The highest BCUT2D eigenvalue weighted by atomic mass is 35.5. The number of para-hydroxylation sites is 1. The third kappa shape index (κ3) is 4.68. The second-order valence-corrected chi connectivity index (χ2v) is 8.81. The maximum absolute atomic E-state index is 13.6. The van der Waals surface area contributed by atoms with E-state index in [1.807, 2.05) is 51.1 Å². The number of fused-ring (bicyclic) bond motifs is 1. The number of carbonyl (C=O) groups is 1. The number of nitrogens with zero attached hydrogens (tertiary/aromatic N) is 4. The Labute approximate surface area is 197 Å². The van der Waals surface area contributed by atoms with Gasteiger partial charge in [-0.05, 0) is 45.4 Å². The summed E-state index contributed by atoms with van der Waals surface area (Å²) in [6.07, 6.45) is 0. The molecule has 0 atom stereocenters. The summed E-state index contributed by atoms with van der Waals surface area (Å²) < 4.78 is 1.64. The first kappa shape index (κ1) is 22.7. The summed E-state index contributed by atoms with van der Waals surface area (Å²) in [5, 5.41) is 5.33. The van der Waals surface area contributed by atoms with E-state index in [4.69, 9.17) is 11.6 Å². The van der Waals surface area contributed by atoms with E-state index < -0.39 is 0 Å². The van der Waals surface area contributed by atoms with Gasteiger partial charge in [0.15, 0.2) is 0 Å². The van der Waals surface area contributed by atoms with Crippen LogP contribution >= 0.6 is 11.6 Å². The SMILES string of the molecule is Cc1ccc(Cn2nc(C)c(C(=O)N(Cc3nc4ccccc4c(=O)[nH]3)C(C)C)c2Cl)cc1. The van der Waals surface area contributed by atoms with Crippen LogP contribution in [0.3, 0.4) is 0 Å². The number of hydrogen-bond acceptors (Lipinski definition) is 4. The molecule has 2 heterocycles. The van der Waals surface area contributed by atoms with E-state index in [0.717, 1.165) is 5.56 Å². The van der Waals surface area contributed by atoms with Crippen LogP contribution in [0.25, 0.3) is 10.9 Å². The lowest BCUT2D eigenvalue weighted by atomic mass is 10.1. The lowest BCUT2D eigenvalue weighted by molar-refractivity contribution is 0.0684. The Hall–Kier alpha value is -3.45. The molecule has 4 rings (SSSR count). The fourth-order valence-corrected chi connectivity index (χ4v) is 4.09. The molecule has 2 aromatic carbocycles. The minimum Gasteiger partial charge on any atom is -0.329 e. The van der Waals surface area contributed by atoms with Gasteiger partial charge in [0.05, 0.1) is 35.2 Å². The molecule has 4 aromatic rings. The molecule has 0 aliphatic heterocycles. The van der Waals surface area contributed by atoms with E-state index in [-0.39, 0.29) is 24.1 Å². The first-order valence-electron chi connectivity index (χ1n) is 10.8. The maximum Gasteiger partial charge on any atom is 0.259 e. The molecule has 8 heteroatoms. The Morgan fingerprint density at radius 2 is 1.82 bits per heavy atom. The van der Waals surface area contributed by atoms with Crippen molar-refractivity contribution in [3.63, 3.8) is 0 Å². The van der Waals surface area contributed by atoms with E-state index in [2.05, 4.69) is 15.1 Å². The van der Waals surface area contributed by atoms with Crippen molar-refractivity contribution < 1.29 is 4.79 Å². The van der Waals surface area contributed by atoms with Gasteiger partial charge in [-0.2, -0.15) is 5.10 Å². The van der Waals surface area contributed by atoms with E-state index in [9.17, 15) is 9.59 Å². The molecule has 0 spiro atoms. The molecule has 0 radical (unpaired) electrons. The predicted molar refractivity (Wildman–Crippen MR) is 130 cm³/mol. The number of aromatic amines is 1. The van der Waals surface area contributed by atoms with Crippen molar-refractivity contribution >= 4 is 28.4 Å². The van der Waals surface area contributed by atoms with E-state index in [1.54, 1.807) is 34.7 Å². The summed E-state index contributed by atoms with van der Waals surface area (Å²) in [7, 11) is 0. The number of aryl methyl sites for hydroxylation is 2. The normalized spacial score (nSPS) is 11.3. The number of halogens is 1. The minimum absolute atomic E-state index is 0.148. The molecule has 0 saturated carbocycles. The molecule has 0 aliphatic rings. The summed E-state index contributed by atoms with van der Waals surface area (Å²) in [6, 6.07) is 15.1. The van der Waals surface area contributed by atoms with Crippen molar-refractivity contribution in [3.8, 4) is 0 Å². The van der Waals surface area contributed by atoms with Crippen LogP contribution in [-0.2, 0) is 13.1 Å². The lowest BCUT2D eigenvalue weighted by Crippen LogP contribution is -2.37. The molecule has 1 amide bonds. The highest BCUT2D eigenvalue weighted by molar-refractivity contribution is 6.33. The first-order valence-corrected chi connectivity index (χ1v) is 11.2. The van der Waals surface area contributed by atoms with Gasteiger partial charge in [-0.1, -0.05) is 53.6 Å². The number of benzene rings is 2. The monoisotopic (exact) mass is 463 g/mol. The molecule has 7 nitrogen and oxygen atoms in total. The van der Waals surface area contributed by atoms with Crippen LogP contribution in [0.2, 0.25) is 5.15 Å². The van der Waals surface area contributed by atoms with Crippen molar-refractivity contribution in [2.75, 3.05) is 0 Å². The Morgan fingerprint density at radius 3 is 2.52 bits per heavy atom. The Bertz CT molecular complexity index is 1370. The number of amides is 1. The first-order chi connectivity index (χ1) is 15.7. The Kier molecular flexibility index (Phi) is 6.33. The van der Waals surface area contributed by atoms with Crippen LogP contribution in [0.15, 0.2) is 53.3 Å². The predicted octanol–water partition coefficient (Wildman–Crippen LogP) is 4.49. The molecule has 0 aliphatic carbocycles. The van der Waals surface area contributed by atoms with Gasteiger partial charge < -0.3 is 9.88 Å². The number of H-pyrrole nitrogens is 1. The van der Waals surface area contributed by atoms with Gasteiger partial charge >= 0.3 is 0 Å². The van der Waals surface area contributed by atoms with Crippen LogP contribution in [0, 0.1) is 13.8 Å². The molecule has 1 N–H and O–H groups in total. The van der Waals surface area contributed by atoms with Crippen LogP contribution in [-0.4, -0.2) is 36.6 Å². The van der Waals surface area contributed by atoms with Crippen molar-refractivity contribution in [2.45, 2.75) is 46.8 Å². The fraction of sp³-hybridized carbons (Fsp3) is 0.280. The average molecular weight is 464 g/mol. The zero-order valence-corrected chi connectivity index (χ0v) is 19.8. The molecule has 0 saturated heterocycles. The van der Waals surface area contributed by atoms with Crippen LogP contribution in [0.4, 0.5) is 0 Å². The van der Waals surface area contributed by atoms with Crippen molar-refractivity contribution in [3.05, 3.63) is 92.2 Å². The highest BCUT2D eigenvalue weighted by Gasteiger charge is 2.27.